The molecule has 0 unspecified atom stereocenters. The molecular formula is C14H14FNO2S. The van der Waals surface area contributed by atoms with Crippen molar-refractivity contribution in [3.8, 4) is 0 Å². The van der Waals surface area contributed by atoms with Crippen LogP contribution in [0.5, 0.6) is 0 Å². The minimum Gasteiger partial charge on any atom is -0.481 e. The Hall–Kier alpha value is -1.75. The quantitative estimate of drug-likeness (QED) is 0.934. The van der Waals surface area contributed by atoms with Gasteiger partial charge in [0.15, 0.2) is 0 Å². The van der Waals surface area contributed by atoms with Gasteiger partial charge in [0.1, 0.15) is 11.2 Å². The molecule has 1 heterocycles. The van der Waals surface area contributed by atoms with Crippen molar-refractivity contribution >= 4 is 17.3 Å². The number of aliphatic carboxylic acids is 1. The maximum absolute atomic E-state index is 13.5. The number of carboxylic acid groups (broad SMARTS) is 1. The van der Waals surface area contributed by atoms with Crippen LogP contribution in [0.2, 0.25) is 0 Å². The lowest BCUT2D eigenvalue weighted by atomic mass is 9.90. The normalized spacial score (nSPS) is 11.5. The fourth-order valence-corrected chi connectivity index (χ4v) is 2.58. The van der Waals surface area contributed by atoms with Crippen LogP contribution in [-0.4, -0.2) is 16.1 Å². The third-order valence-electron chi connectivity index (χ3n) is 3.03. The second-order valence-electron chi connectivity index (χ2n) is 4.82. The Balaban J connectivity index is 2.23. The van der Waals surface area contributed by atoms with Crippen molar-refractivity contribution in [3.05, 3.63) is 51.7 Å². The number of hydrogen-bond donors (Lipinski definition) is 1. The maximum Gasteiger partial charge on any atom is 0.315 e. The topological polar surface area (TPSA) is 50.2 Å². The molecular weight excluding hydrogens is 265 g/mol. The lowest BCUT2D eigenvalue weighted by molar-refractivity contribution is -0.142. The summed E-state index contributed by atoms with van der Waals surface area (Å²) < 4.78 is 13.5. The van der Waals surface area contributed by atoms with Crippen molar-refractivity contribution in [2.24, 2.45) is 0 Å². The smallest absolute Gasteiger partial charge is 0.315 e. The molecule has 0 aliphatic rings. The highest BCUT2D eigenvalue weighted by Gasteiger charge is 2.32. The Morgan fingerprint density at radius 1 is 1.42 bits per heavy atom. The van der Waals surface area contributed by atoms with Crippen molar-refractivity contribution in [3.63, 3.8) is 0 Å². The molecule has 1 aromatic heterocycles. The summed E-state index contributed by atoms with van der Waals surface area (Å²) in [5.74, 6) is -1.19. The van der Waals surface area contributed by atoms with E-state index in [1.54, 1.807) is 37.4 Å². The van der Waals surface area contributed by atoms with Gasteiger partial charge in [-0.15, -0.1) is 11.3 Å². The minimum atomic E-state index is -1.02. The summed E-state index contributed by atoms with van der Waals surface area (Å²) in [4.78, 5) is 15.5. The first-order valence-electron chi connectivity index (χ1n) is 5.83. The van der Waals surface area contributed by atoms with E-state index in [1.807, 2.05) is 0 Å². The van der Waals surface area contributed by atoms with Crippen LogP contribution in [0.3, 0.4) is 0 Å². The third-order valence-corrected chi connectivity index (χ3v) is 3.88. The first kappa shape index (κ1) is 13.7. The number of hydrogen-bond acceptors (Lipinski definition) is 3. The van der Waals surface area contributed by atoms with Crippen LogP contribution >= 0.6 is 11.3 Å². The van der Waals surface area contributed by atoms with Crippen LogP contribution in [0.4, 0.5) is 4.39 Å². The molecule has 0 radical (unpaired) electrons. The van der Waals surface area contributed by atoms with E-state index in [0.717, 1.165) is 5.01 Å². The zero-order valence-electron chi connectivity index (χ0n) is 10.7. The van der Waals surface area contributed by atoms with Crippen LogP contribution in [0.1, 0.15) is 30.1 Å². The third kappa shape index (κ3) is 2.81. The van der Waals surface area contributed by atoms with Gasteiger partial charge in [-0.1, -0.05) is 18.2 Å². The molecule has 19 heavy (non-hydrogen) atoms. The average Bonchev–Trinajstić information content (AvgIpc) is 2.81. The summed E-state index contributed by atoms with van der Waals surface area (Å²) in [5, 5.41) is 11.6. The lowest BCUT2D eigenvalue weighted by Crippen LogP contribution is -2.28. The molecule has 0 amide bonds. The second kappa shape index (κ2) is 5.09. The van der Waals surface area contributed by atoms with Crippen molar-refractivity contribution < 1.29 is 14.3 Å². The number of thiazole rings is 1. The standard InChI is InChI=1S/C14H14FNO2S/c1-14(2,13(17)18)11-8-19-12(16-11)7-9-5-3-4-6-10(9)15/h3-6,8H,7H2,1-2H3,(H,17,18). The molecule has 0 bridgehead atoms. The summed E-state index contributed by atoms with van der Waals surface area (Å²) in [6.07, 6.45) is 0.382. The predicted molar refractivity (Wildman–Crippen MR) is 72.0 cm³/mol. The number of benzene rings is 1. The molecule has 0 saturated heterocycles. The van der Waals surface area contributed by atoms with E-state index in [9.17, 15) is 9.18 Å². The number of carboxylic acids is 1. The van der Waals surface area contributed by atoms with Crippen LogP contribution in [0.25, 0.3) is 0 Å². The molecule has 0 atom stereocenters. The lowest BCUT2D eigenvalue weighted by Gasteiger charge is -2.15. The summed E-state index contributed by atoms with van der Waals surface area (Å²) in [7, 11) is 0. The van der Waals surface area contributed by atoms with Crippen molar-refractivity contribution in [1.29, 1.82) is 0 Å². The highest BCUT2D eigenvalue weighted by Crippen LogP contribution is 2.26. The van der Waals surface area contributed by atoms with Crippen molar-refractivity contribution in [1.82, 2.24) is 4.98 Å². The van der Waals surface area contributed by atoms with Crippen molar-refractivity contribution in [2.45, 2.75) is 25.7 Å². The van der Waals surface area contributed by atoms with E-state index in [1.165, 1.54) is 17.4 Å². The molecule has 2 aromatic rings. The van der Waals surface area contributed by atoms with E-state index in [2.05, 4.69) is 4.98 Å². The van der Waals surface area contributed by atoms with E-state index >= 15 is 0 Å². The highest BCUT2D eigenvalue weighted by atomic mass is 32.1. The molecule has 1 aromatic carbocycles. The molecule has 2 rings (SSSR count). The van der Waals surface area contributed by atoms with Crippen molar-refractivity contribution in [2.75, 3.05) is 0 Å². The molecule has 5 heteroatoms. The molecule has 1 N–H and O–H groups in total. The molecule has 0 aliphatic carbocycles. The number of rotatable bonds is 4. The van der Waals surface area contributed by atoms with Gasteiger partial charge >= 0.3 is 5.97 Å². The first-order valence-corrected chi connectivity index (χ1v) is 6.71. The van der Waals surface area contributed by atoms with Gasteiger partial charge in [-0.3, -0.25) is 4.79 Å². The van der Waals surface area contributed by atoms with Gasteiger partial charge in [-0.2, -0.15) is 0 Å². The predicted octanol–water partition coefficient (Wildman–Crippen LogP) is 3.24. The van der Waals surface area contributed by atoms with Gasteiger partial charge in [0.2, 0.25) is 0 Å². The Kier molecular flexibility index (Phi) is 3.66. The zero-order chi connectivity index (χ0) is 14.0. The van der Waals surface area contributed by atoms with E-state index in [0.29, 0.717) is 17.7 Å². The summed E-state index contributed by atoms with van der Waals surface area (Å²) in [6.45, 7) is 3.22. The molecule has 0 fully saturated rings. The number of nitrogens with zero attached hydrogens (tertiary/aromatic N) is 1. The highest BCUT2D eigenvalue weighted by molar-refractivity contribution is 7.09. The van der Waals surface area contributed by atoms with Gasteiger partial charge in [-0.05, 0) is 25.5 Å². The van der Waals surface area contributed by atoms with E-state index in [4.69, 9.17) is 5.11 Å². The monoisotopic (exact) mass is 279 g/mol. The largest absolute Gasteiger partial charge is 0.481 e. The average molecular weight is 279 g/mol. The van der Waals surface area contributed by atoms with Crippen LogP contribution < -0.4 is 0 Å². The van der Waals surface area contributed by atoms with E-state index in [-0.39, 0.29) is 5.82 Å². The Morgan fingerprint density at radius 2 is 2.11 bits per heavy atom. The Bertz CT molecular complexity index is 607. The zero-order valence-corrected chi connectivity index (χ0v) is 11.5. The fourth-order valence-electron chi connectivity index (χ4n) is 1.59. The van der Waals surface area contributed by atoms with E-state index < -0.39 is 11.4 Å². The van der Waals surface area contributed by atoms with Gasteiger partial charge in [0.05, 0.1) is 10.7 Å². The SMILES string of the molecule is CC(C)(C(=O)O)c1csc(Cc2ccccc2F)n1. The number of halogens is 1. The summed E-state index contributed by atoms with van der Waals surface area (Å²) >= 11 is 1.36. The summed E-state index contributed by atoms with van der Waals surface area (Å²) in [5.41, 5.74) is 0.0529. The maximum atomic E-state index is 13.5. The Labute approximate surface area is 114 Å². The molecule has 0 spiro atoms. The molecule has 0 saturated carbocycles. The van der Waals surface area contributed by atoms with Crippen LogP contribution in [0.15, 0.2) is 29.6 Å². The molecule has 3 nitrogen and oxygen atoms in total. The number of carbonyl (C=O) groups is 1. The second-order valence-corrected chi connectivity index (χ2v) is 5.77. The van der Waals surface area contributed by atoms with Gasteiger partial charge in [0, 0.05) is 11.8 Å². The first-order chi connectivity index (χ1) is 8.91. The summed E-state index contributed by atoms with van der Waals surface area (Å²) in [6, 6.07) is 6.53. The van der Waals surface area contributed by atoms with Crippen LogP contribution in [0, 0.1) is 5.82 Å². The fraction of sp³-hybridized carbons (Fsp3) is 0.286. The minimum absolute atomic E-state index is 0.267. The molecule has 0 aliphatic heterocycles. The Morgan fingerprint density at radius 3 is 2.74 bits per heavy atom. The van der Waals surface area contributed by atoms with Gasteiger partial charge < -0.3 is 5.11 Å². The number of aromatic nitrogens is 1. The molecule has 100 valence electrons. The van der Waals surface area contributed by atoms with Gasteiger partial charge in [-0.25, -0.2) is 9.37 Å². The van der Waals surface area contributed by atoms with Crippen LogP contribution in [-0.2, 0) is 16.6 Å². The van der Waals surface area contributed by atoms with Gasteiger partial charge in [0.25, 0.3) is 0 Å².